The minimum atomic E-state index is 0.235. The number of rotatable bonds is 6. The van der Waals surface area contributed by atoms with Crippen LogP contribution in [0.2, 0.25) is 5.02 Å². The lowest BCUT2D eigenvalue weighted by atomic mass is 10.1. The minimum absolute atomic E-state index is 0.235. The van der Waals surface area contributed by atoms with E-state index in [9.17, 15) is 5.11 Å². The lowest BCUT2D eigenvalue weighted by molar-refractivity contribution is 0.307. The third-order valence-corrected chi connectivity index (χ3v) is 3.59. The average Bonchev–Trinajstić information content (AvgIpc) is 2.41. The van der Waals surface area contributed by atoms with Crippen LogP contribution in [0, 0.1) is 0 Å². The van der Waals surface area contributed by atoms with Gasteiger partial charge >= 0.3 is 0 Å². The number of benzene rings is 2. The zero-order valence-electron chi connectivity index (χ0n) is 10.5. The second-order valence-electron chi connectivity index (χ2n) is 4.38. The number of hydrogen-bond acceptors (Lipinski definition) is 2. The normalized spacial score (nSPS) is 10.8. The zero-order chi connectivity index (χ0) is 13.7. The molecule has 0 aliphatic heterocycles. The summed E-state index contributed by atoms with van der Waals surface area (Å²) in [5.74, 6) is 1.62. The van der Waals surface area contributed by atoms with E-state index in [1.165, 1.54) is 0 Å². The second-order valence-corrected chi connectivity index (χ2v) is 5.14. The third-order valence-electron chi connectivity index (χ3n) is 2.94. The van der Waals surface area contributed by atoms with Crippen LogP contribution >= 0.6 is 23.2 Å². The van der Waals surface area contributed by atoms with E-state index >= 15 is 0 Å². The van der Waals surface area contributed by atoms with Gasteiger partial charge in [-0.2, -0.15) is 0 Å². The highest BCUT2D eigenvalue weighted by Gasteiger charge is 2.07. The Morgan fingerprint density at radius 2 is 1.89 bits per heavy atom. The third kappa shape index (κ3) is 3.68. The molecular formula is C15H16Cl2O2. The summed E-state index contributed by atoms with van der Waals surface area (Å²) in [4.78, 5) is 0. The van der Waals surface area contributed by atoms with Crippen LogP contribution in [-0.2, 0) is 0 Å². The van der Waals surface area contributed by atoms with Crippen molar-refractivity contribution in [1.82, 2.24) is 0 Å². The number of unbranched alkanes of at least 4 members (excludes halogenated alkanes) is 2. The first-order valence-corrected chi connectivity index (χ1v) is 7.23. The van der Waals surface area contributed by atoms with Gasteiger partial charge in [0.05, 0.1) is 11.6 Å². The smallest absolute Gasteiger partial charge is 0.138 e. The van der Waals surface area contributed by atoms with Crippen molar-refractivity contribution in [3.8, 4) is 11.5 Å². The van der Waals surface area contributed by atoms with Crippen LogP contribution in [0.1, 0.15) is 19.3 Å². The molecule has 0 spiro atoms. The van der Waals surface area contributed by atoms with E-state index in [2.05, 4.69) is 0 Å². The lowest BCUT2D eigenvalue weighted by Gasteiger charge is -2.10. The lowest BCUT2D eigenvalue weighted by Crippen LogP contribution is -1.98. The van der Waals surface area contributed by atoms with Crippen LogP contribution in [0.25, 0.3) is 10.8 Å². The van der Waals surface area contributed by atoms with Crippen LogP contribution in [-0.4, -0.2) is 17.6 Å². The largest absolute Gasteiger partial charge is 0.508 e. The van der Waals surface area contributed by atoms with Gasteiger partial charge in [0, 0.05) is 11.3 Å². The van der Waals surface area contributed by atoms with Crippen LogP contribution in [0.15, 0.2) is 30.3 Å². The molecule has 0 aliphatic rings. The molecule has 0 amide bonds. The van der Waals surface area contributed by atoms with Crippen LogP contribution < -0.4 is 4.74 Å². The standard InChI is InChI=1S/C15H16Cl2O2/c16-8-2-1-3-9-19-14-7-4-11-10-12(18)5-6-13(11)15(14)17/h4-7,10,18H,1-3,8-9H2. The van der Waals surface area contributed by atoms with Crippen molar-refractivity contribution in [3.05, 3.63) is 35.4 Å². The number of phenols is 1. The molecule has 0 fully saturated rings. The highest BCUT2D eigenvalue weighted by atomic mass is 35.5. The Balaban J connectivity index is 2.07. The Labute approximate surface area is 122 Å². The molecule has 0 unspecified atom stereocenters. The predicted octanol–water partition coefficient (Wildman–Crippen LogP) is 4.99. The summed E-state index contributed by atoms with van der Waals surface area (Å²) in [6.07, 6.45) is 3.04. The topological polar surface area (TPSA) is 29.5 Å². The molecule has 0 bridgehead atoms. The maximum Gasteiger partial charge on any atom is 0.138 e. The number of alkyl halides is 1. The monoisotopic (exact) mass is 298 g/mol. The number of phenolic OH excluding ortho intramolecular Hbond substituents is 1. The summed E-state index contributed by atoms with van der Waals surface area (Å²) in [7, 11) is 0. The summed E-state index contributed by atoms with van der Waals surface area (Å²) < 4.78 is 5.68. The van der Waals surface area contributed by atoms with E-state index in [1.807, 2.05) is 12.1 Å². The Morgan fingerprint density at radius 1 is 1.05 bits per heavy atom. The number of hydrogen-bond donors (Lipinski definition) is 1. The summed E-state index contributed by atoms with van der Waals surface area (Å²) >= 11 is 11.9. The molecule has 0 saturated carbocycles. The Hall–Kier alpha value is -1.12. The molecule has 2 aromatic rings. The van der Waals surface area contributed by atoms with Gasteiger partial charge in [-0.25, -0.2) is 0 Å². The molecule has 19 heavy (non-hydrogen) atoms. The highest BCUT2D eigenvalue weighted by molar-refractivity contribution is 6.37. The fraction of sp³-hybridized carbons (Fsp3) is 0.333. The van der Waals surface area contributed by atoms with Gasteiger partial charge < -0.3 is 9.84 Å². The molecule has 0 atom stereocenters. The predicted molar refractivity (Wildman–Crippen MR) is 80.7 cm³/mol. The minimum Gasteiger partial charge on any atom is -0.508 e. The zero-order valence-corrected chi connectivity index (χ0v) is 12.0. The van der Waals surface area contributed by atoms with Crippen molar-refractivity contribution in [1.29, 1.82) is 0 Å². The summed E-state index contributed by atoms with van der Waals surface area (Å²) in [5.41, 5.74) is 0. The molecule has 0 radical (unpaired) electrons. The number of fused-ring (bicyclic) bond motifs is 1. The van der Waals surface area contributed by atoms with Crippen molar-refractivity contribution in [3.63, 3.8) is 0 Å². The molecular weight excluding hydrogens is 283 g/mol. The van der Waals surface area contributed by atoms with E-state index in [0.29, 0.717) is 23.3 Å². The summed E-state index contributed by atoms with van der Waals surface area (Å²) in [6.45, 7) is 0.639. The summed E-state index contributed by atoms with van der Waals surface area (Å²) in [5, 5.41) is 11.8. The van der Waals surface area contributed by atoms with E-state index < -0.39 is 0 Å². The first kappa shape index (κ1) is 14.3. The maximum absolute atomic E-state index is 9.43. The van der Waals surface area contributed by atoms with Gasteiger partial charge in [-0.15, -0.1) is 11.6 Å². The number of aromatic hydroxyl groups is 1. The molecule has 0 heterocycles. The SMILES string of the molecule is Oc1ccc2c(Cl)c(OCCCCCCl)ccc2c1. The molecule has 0 saturated heterocycles. The van der Waals surface area contributed by atoms with Gasteiger partial charge in [0.2, 0.25) is 0 Å². The molecule has 2 nitrogen and oxygen atoms in total. The molecule has 2 aromatic carbocycles. The van der Waals surface area contributed by atoms with Gasteiger partial charge in [-0.05, 0) is 48.9 Å². The van der Waals surface area contributed by atoms with Crippen LogP contribution in [0.3, 0.4) is 0 Å². The molecule has 4 heteroatoms. The quantitative estimate of drug-likeness (QED) is 0.601. The average molecular weight is 299 g/mol. The number of halogens is 2. The van der Waals surface area contributed by atoms with Crippen molar-refractivity contribution in [2.45, 2.75) is 19.3 Å². The van der Waals surface area contributed by atoms with Gasteiger partial charge in [-0.1, -0.05) is 17.7 Å². The van der Waals surface area contributed by atoms with Crippen molar-refractivity contribution >= 4 is 34.0 Å². The van der Waals surface area contributed by atoms with E-state index in [-0.39, 0.29) is 5.75 Å². The van der Waals surface area contributed by atoms with Crippen LogP contribution in [0.4, 0.5) is 0 Å². The molecule has 2 rings (SSSR count). The van der Waals surface area contributed by atoms with E-state index in [0.717, 1.165) is 30.0 Å². The van der Waals surface area contributed by atoms with Crippen molar-refractivity contribution in [2.24, 2.45) is 0 Å². The van der Waals surface area contributed by atoms with Crippen molar-refractivity contribution in [2.75, 3.05) is 12.5 Å². The maximum atomic E-state index is 9.43. The second kappa shape index (κ2) is 6.88. The van der Waals surface area contributed by atoms with Gasteiger partial charge in [0.25, 0.3) is 0 Å². The summed E-state index contributed by atoms with van der Waals surface area (Å²) in [6, 6.07) is 8.85. The van der Waals surface area contributed by atoms with Gasteiger partial charge in [0.15, 0.2) is 0 Å². The fourth-order valence-electron chi connectivity index (χ4n) is 1.93. The fourth-order valence-corrected chi connectivity index (χ4v) is 2.40. The van der Waals surface area contributed by atoms with Gasteiger partial charge in [0.1, 0.15) is 11.5 Å². The van der Waals surface area contributed by atoms with Gasteiger partial charge in [-0.3, -0.25) is 0 Å². The highest BCUT2D eigenvalue weighted by Crippen LogP contribution is 2.34. The molecule has 0 aliphatic carbocycles. The van der Waals surface area contributed by atoms with E-state index in [4.69, 9.17) is 27.9 Å². The Kier molecular flexibility index (Phi) is 5.17. The molecule has 1 N–H and O–H groups in total. The molecule has 102 valence electrons. The Morgan fingerprint density at radius 3 is 2.68 bits per heavy atom. The van der Waals surface area contributed by atoms with E-state index in [1.54, 1.807) is 18.2 Å². The van der Waals surface area contributed by atoms with Crippen molar-refractivity contribution < 1.29 is 9.84 Å². The first-order chi connectivity index (χ1) is 9.22. The number of ether oxygens (including phenoxy) is 1. The first-order valence-electron chi connectivity index (χ1n) is 6.32. The molecule has 0 aromatic heterocycles. The Bertz CT molecular complexity index is 555. The van der Waals surface area contributed by atoms with Crippen LogP contribution in [0.5, 0.6) is 11.5 Å².